The number of phenolic OH excluding ortho intramolecular Hbond substituents is 1. The molecule has 3 nitrogen and oxygen atoms in total. The Bertz CT molecular complexity index is 606. The van der Waals surface area contributed by atoms with Crippen LogP contribution in [0.4, 0.5) is 4.39 Å². The van der Waals surface area contributed by atoms with Gasteiger partial charge in [-0.05, 0) is 16.8 Å². The number of nitrogens with one attached hydrogen (secondary N) is 1. The molecule has 2 aromatic carbocycles. The second-order valence-electron chi connectivity index (χ2n) is 5.18. The number of hydrogen-bond acceptors (Lipinski definition) is 3. The maximum atomic E-state index is 13.7. The molecule has 0 spiro atoms. The largest absolute Gasteiger partial charge is 0.508 e. The van der Waals surface area contributed by atoms with Crippen LogP contribution in [0.3, 0.4) is 0 Å². The number of fused-ring (bicyclic) bond motifs is 1. The molecule has 2 N–H and O–H groups in total. The van der Waals surface area contributed by atoms with Gasteiger partial charge in [0.15, 0.2) is 0 Å². The summed E-state index contributed by atoms with van der Waals surface area (Å²) in [5, 5.41) is 15.5. The molecule has 0 aromatic heterocycles. The number of alkyl halides is 1. The maximum absolute atomic E-state index is 13.7. The number of benzene rings is 2. The van der Waals surface area contributed by atoms with Crippen molar-refractivity contribution in [3.63, 3.8) is 0 Å². The maximum Gasteiger partial charge on any atom is 0.121 e. The molecule has 1 fully saturated rings. The molecule has 1 aliphatic heterocycles. The van der Waals surface area contributed by atoms with Gasteiger partial charge >= 0.3 is 0 Å². The predicted octanol–water partition coefficient (Wildman–Crippen LogP) is 3.30. The molecule has 6 heteroatoms. The number of aromatic hydroxyl groups is 1. The fourth-order valence-electron chi connectivity index (χ4n) is 2.99. The Morgan fingerprint density at radius 1 is 1.09 bits per heavy atom. The van der Waals surface area contributed by atoms with Crippen molar-refractivity contribution in [1.29, 1.82) is 0 Å². The molecule has 1 atom stereocenters. The summed E-state index contributed by atoms with van der Waals surface area (Å²) in [7, 11) is 0. The van der Waals surface area contributed by atoms with E-state index in [2.05, 4.69) is 10.2 Å². The summed E-state index contributed by atoms with van der Waals surface area (Å²) in [5.41, 5.74) is 0.715. The third kappa shape index (κ3) is 3.63. The first-order valence-corrected chi connectivity index (χ1v) is 7.02. The Balaban J connectivity index is 0.00000121. The van der Waals surface area contributed by atoms with Crippen LogP contribution in [-0.4, -0.2) is 42.9 Å². The van der Waals surface area contributed by atoms with E-state index >= 15 is 0 Å². The quantitative estimate of drug-likeness (QED) is 0.894. The minimum atomic E-state index is -0.485. The molecule has 0 radical (unpaired) electrons. The molecule has 3 rings (SSSR count). The molecule has 0 bridgehead atoms. The standard InChI is InChI=1S/C16H19FN2O.2ClH/c17-11-14(19-9-7-18-8-10-19)16-13-4-2-1-3-12(13)5-6-15(16)20;;/h1-6,14,18,20H,7-11H2;2*1H/t14-;;/m0../s1. The molecular weight excluding hydrogens is 326 g/mol. The number of nitrogens with zero attached hydrogens (tertiary/aromatic N) is 1. The van der Waals surface area contributed by atoms with Crippen LogP contribution < -0.4 is 5.32 Å². The number of piperazine rings is 1. The zero-order chi connectivity index (χ0) is 13.9. The van der Waals surface area contributed by atoms with Gasteiger partial charge < -0.3 is 10.4 Å². The van der Waals surface area contributed by atoms with Crippen molar-refractivity contribution in [2.75, 3.05) is 32.9 Å². The molecule has 0 saturated carbocycles. The predicted molar refractivity (Wildman–Crippen MR) is 93.3 cm³/mol. The van der Waals surface area contributed by atoms with Crippen molar-refractivity contribution in [2.45, 2.75) is 6.04 Å². The van der Waals surface area contributed by atoms with Gasteiger partial charge in [-0.3, -0.25) is 4.90 Å². The Morgan fingerprint density at radius 2 is 1.77 bits per heavy atom. The third-order valence-electron chi connectivity index (χ3n) is 4.02. The highest BCUT2D eigenvalue weighted by atomic mass is 35.5. The monoisotopic (exact) mass is 346 g/mol. The van der Waals surface area contributed by atoms with Gasteiger partial charge in [-0.15, -0.1) is 24.8 Å². The van der Waals surface area contributed by atoms with Crippen molar-refractivity contribution in [1.82, 2.24) is 10.2 Å². The smallest absolute Gasteiger partial charge is 0.121 e. The van der Waals surface area contributed by atoms with Gasteiger partial charge in [0.05, 0.1) is 6.04 Å². The van der Waals surface area contributed by atoms with Gasteiger partial charge in [-0.2, -0.15) is 0 Å². The summed E-state index contributed by atoms with van der Waals surface area (Å²) in [5.74, 6) is 0.185. The van der Waals surface area contributed by atoms with Crippen LogP contribution in [0.1, 0.15) is 11.6 Å². The second-order valence-corrected chi connectivity index (χ2v) is 5.18. The lowest BCUT2D eigenvalue weighted by Gasteiger charge is -2.34. The van der Waals surface area contributed by atoms with E-state index in [0.717, 1.165) is 37.0 Å². The zero-order valence-corrected chi connectivity index (χ0v) is 13.8. The number of halogens is 3. The average molecular weight is 347 g/mol. The van der Waals surface area contributed by atoms with Crippen molar-refractivity contribution in [2.24, 2.45) is 0 Å². The molecule has 22 heavy (non-hydrogen) atoms. The minimum absolute atomic E-state index is 0. The lowest BCUT2D eigenvalue weighted by atomic mass is 9.96. The summed E-state index contributed by atoms with van der Waals surface area (Å²) < 4.78 is 13.7. The molecule has 0 aliphatic carbocycles. The van der Waals surface area contributed by atoms with Crippen molar-refractivity contribution >= 4 is 35.6 Å². The van der Waals surface area contributed by atoms with Crippen LogP contribution in [0.25, 0.3) is 10.8 Å². The summed E-state index contributed by atoms with van der Waals surface area (Å²) in [4.78, 5) is 2.11. The summed E-state index contributed by atoms with van der Waals surface area (Å²) in [6, 6.07) is 11.0. The Kier molecular flexibility index (Phi) is 7.36. The van der Waals surface area contributed by atoms with E-state index in [9.17, 15) is 9.50 Å². The average Bonchev–Trinajstić information content (AvgIpc) is 2.51. The van der Waals surface area contributed by atoms with Crippen LogP contribution in [-0.2, 0) is 0 Å². The Labute approximate surface area is 142 Å². The normalized spacial score (nSPS) is 16.6. The fourth-order valence-corrected chi connectivity index (χ4v) is 2.99. The van der Waals surface area contributed by atoms with Gasteiger partial charge in [0.2, 0.25) is 0 Å². The van der Waals surface area contributed by atoms with Crippen LogP contribution in [0.15, 0.2) is 36.4 Å². The van der Waals surface area contributed by atoms with E-state index in [1.807, 2.05) is 30.3 Å². The van der Waals surface area contributed by atoms with Gasteiger partial charge in [0, 0.05) is 31.7 Å². The minimum Gasteiger partial charge on any atom is -0.508 e. The van der Waals surface area contributed by atoms with Gasteiger partial charge in [-0.1, -0.05) is 30.3 Å². The molecule has 0 unspecified atom stereocenters. The summed E-state index contributed by atoms with van der Waals surface area (Å²) in [6.45, 7) is 2.85. The number of hydrogen-bond donors (Lipinski definition) is 2. The molecule has 1 aliphatic rings. The van der Waals surface area contributed by atoms with E-state index in [4.69, 9.17) is 0 Å². The molecule has 0 amide bonds. The van der Waals surface area contributed by atoms with Crippen LogP contribution in [0, 0.1) is 0 Å². The molecular formula is C16H21Cl2FN2O. The Morgan fingerprint density at radius 3 is 2.45 bits per heavy atom. The second kappa shape index (κ2) is 8.53. The SMILES string of the molecule is Cl.Cl.Oc1ccc2ccccc2c1[C@H](CF)N1CCNCC1. The van der Waals surface area contributed by atoms with E-state index < -0.39 is 6.67 Å². The molecule has 2 aromatic rings. The highest BCUT2D eigenvalue weighted by Crippen LogP contribution is 2.35. The van der Waals surface area contributed by atoms with E-state index in [-0.39, 0.29) is 36.6 Å². The Hall–Kier alpha value is -1.07. The van der Waals surface area contributed by atoms with Crippen LogP contribution in [0.2, 0.25) is 0 Å². The highest BCUT2D eigenvalue weighted by Gasteiger charge is 2.26. The van der Waals surface area contributed by atoms with Gasteiger partial charge in [-0.25, -0.2) is 4.39 Å². The van der Waals surface area contributed by atoms with E-state index in [0.29, 0.717) is 5.56 Å². The summed E-state index contributed by atoms with van der Waals surface area (Å²) in [6.07, 6.45) is 0. The molecule has 1 saturated heterocycles. The van der Waals surface area contributed by atoms with Crippen molar-refractivity contribution in [3.05, 3.63) is 42.0 Å². The fraction of sp³-hybridized carbons (Fsp3) is 0.375. The van der Waals surface area contributed by atoms with Crippen molar-refractivity contribution < 1.29 is 9.50 Å². The first-order chi connectivity index (χ1) is 9.81. The first-order valence-electron chi connectivity index (χ1n) is 7.02. The van der Waals surface area contributed by atoms with E-state index in [1.165, 1.54) is 0 Å². The van der Waals surface area contributed by atoms with Gasteiger partial charge in [0.1, 0.15) is 12.4 Å². The molecule has 122 valence electrons. The lowest BCUT2D eigenvalue weighted by molar-refractivity contribution is 0.146. The van der Waals surface area contributed by atoms with Crippen LogP contribution >= 0.6 is 24.8 Å². The van der Waals surface area contributed by atoms with Crippen LogP contribution in [0.5, 0.6) is 5.75 Å². The lowest BCUT2D eigenvalue weighted by Crippen LogP contribution is -2.45. The third-order valence-corrected chi connectivity index (χ3v) is 4.02. The van der Waals surface area contributed by atoms with Gasteiger partial charge in [0.25, 0.3) is 0 Å². The number of rotatable bonds is 3. The highest BCUT2D eigenvalue weighted by molar-refractivity contribution is 5.88. The summed E-state index contributed by atoms with van der Waals surface area (Å²) >= 11 is 0. The van der Waals surface area contributed by atoms with E-state index in [1.54, 1.807) is 6.07 Å². The molecule has 1 heterocycles. The zero-order valence-electron chi connectivity index (χ0n) is 12.2. The number of phenols is 1. The topological polar surface area (TPSA) is 35.5 Å². The van der Waals surface area contributed by atoms with Crippen molar-refractivity contribution in [3.8, 4) is 5.75 Å². The first kappa shape index (κ1) is 19.0.